The first-order valence-electron chi connectivity index (χ1n) is 6.26. The molecule has 1 N–H and O–H groups in total. The number of imidazole rings is 1. The number of nitro benzene ring substituents is 1. The quantitative estimate of drug-likeness (QED) is 0.660. The molecule has 0 unspecified atom stereocenters. The molecule has 1 aromatic heterocycles. The van der Waals surface area contributed by atoms with E-state index in [9.17, 15) is 10.1 Å². The van der Waals surface area contributed by atoms with Gasteiger partial charge in [0, 0.05) is 31.7 Å². The Morgan fingerprint density at radius 3 is 2.76 bits per heavy atom. The van der Waals surface area contributed by atoms with Crippen LogP contribution in [0.15, 0.2) is 28.9 Å². The number of rotatable bonds is 5. The first-order valence-corrected chi connectivity index (χ1v) is 7.05. The second kappa shape index (κ2) is 6.13. The van der Waals surface area contributed by atoms with E-state index in [1.807, 2.05) is 30.6 Å². The Morgan fingerprint density at radius 1 is 1.48 bits per heavy atom. The Hall–Kier alpha value is -2.09. The fraction of sp³-hybridized carbons (Fsp3) is 0.308. The highest BCUT2D eigenvalue weighted by atomic mass is 79.9. The first-order chi connectivity index (χ1) is 9.90. The Labute approximate surface area is 130 Å². The summed E-state index contributed by atoms with van der Waals surface area (Å²) in [5, 5.41) is 14.2. The Morgan fingerprint density at radius 2 is 2.19 bits per heavy atom. The average molecular weight is 354 g/mol. The number of nitrogens with one attached hydrogen (secondary N) is 1. The van der Waals surface area contributed by atoms with Gasteiger partial charge >= 0.3 is 0 Å². The smallest absolute Gasteiger partial charge is 0.293 e. The molecule has 1 heterocycles. The second-order valence-electron chi connectivity index (χ2n) is 4.78. The molecule has 112 valence electrons. The number of benzene rings is 1. The van der Waals surface area contributed by atoms with Crippen LogP contribution in [0.2, 0.25) is 0 Å². The van der Waals surface area contributed by atoms with E-state index in [1.165, 1.54) is 6.07 Å². The van der Waals surface area contributed by atoms with Crippen molar-refractivity contribution < 1.29 is 4.92 Å². The molecule has 0 saturated heterocycles. The predicted molar refractivity (Wildman–Crippen MR) is 85.7 cm³/mol. The predicted octanol–water partition coefficient (Wildman–Crippen LogP) is 2.77. The molecule has 2 rings (SSSR count). The van der Waals surface area contributed by atoms with Crippen LogP contribution in [0.25, 0.3) is 0 Å². The van der Waals surface area contributed by atoms with Crippen LogP contribution in [0.5, 0.6) is 0 Å². The van der Waals surface area contributed by atoms with Crippen molar-refractivity contribution in [2.75, 3.05) is 24.3 Å². The maximum absolute atomic E-state index is 11.1. The molecule has 0 aliphatic carbocycles. The van der Waals surface area contributed by atoms with Crippen LogP contribution >= 0.6 is 15.9 Å². The Kier molecular flexibility index (Phi) is 4.46. The number of nitrogens with zero attached hydrogens (tertiary/aromatic N) is 4. The van der Waals surface area contributed by atoms with E-state index < -0.39 is 4.92 Å². The lowest BCUT2D eigenvalue weighted by Gasteiger charge is -2.13. The third kappa shape index (κ3) is 3.33. The fourth-order valence-corrected chi connectivity index (χ4v) is 2.35. The van der Waals surface area contributed by atoms with Crippen molar-refractivity contribution in [3.8, 4) is 0 Å². The molecule has 1 aromatic carbocycles. The van der Waals surface area contributed by atoms with Gasteiger partial charge in [-0.3, -0.25) is 10.1 Å². The van der Waals surface area contributed by atoms with Crippen LogP contribution < -0.4 is 10.2 Å². The molecule has 0 bridgehead atoms. The van der Waals surface area contributed by atoms with Crippen LogP contribution in [-0.2, 0) is 13.6 Å². The molecular formula is C13H16BrN5O2. The summed E-state index contributed by atoms with van der Waals surface area (Å²) in [5.41, 5.74) is 1.46. The van der Waals surface area contributed by atoms with Crippen molar-refractivity contribution in [3.05, 3.63) is 44.7 Å². The van der Waals surface area contributed by atoms with Crippen molar-refractivity contribution in [2.24, 2.45) is 7.05 Å². The van der Waals surface area contributed by atoms with Crippen molar-refractivity contribution in [2.45, 2.75) is 6.54 Å². The zero-order valence-electron chi connectivity index (χ0n) is 12.0. The molecule has 7 nitrogen and oxygen atoms in total. The SMILES string of the molecule is CN(C)c1ncc(CNc2ccc(Br)cc2[N+](=O)[O-])n1C. The topological polar surface area (TPSA) is 76.2 Å². The van der Waals surface area contributed by atoms with Gasteiger partial charge in [-0.05, 0) is 12.1 Å². The number of hydrogen-bond acceptors (Lipinski definition) is 5. The maximum Gasteiger partial charge on any atom is 0.293 e. The van der Waals surface area contributed by atoms with E-state index >= 15 is 0 Å². The number of anilines is 2. The van der Waals surface area contributed by atoms with Gasteiger partial charge < -0.3 is 14.8 Å². The molecule has 0 spiro atoms. The zero-order valence-corrected chi connectivity index (χ0v) is 13.6. The highest BCUT2D eigenvalue weighted by molar-refractivity contribution is 9.10. The van der Waals surface area contributed by atoms with Gasteiger partial charge in [-0.25, -0.2) is 4.98 Å². The van der Waals surface area contributed by atoms with E-state index in [-0.39, 0.29) is 5.69 Å². The van der Waals surface area contributed by atoms with Gasteiger partial charge in [0.2, 0.25) is 5.95 Å². The van der Waals surface area contributed by atoms with Crippen LogP contribution in [0.4, 0.5) is 17.3 Å². The second-order valence-corrected chi connectivity index (χ2v) is 5.69. The molecule has 8 heteroatoms. The first kappa shape index (κ1) is 15.3. The summed E-state index contributed by atoms with van der Waals surface area (Å²) in [5.74, 6) is 0.831. The summed E-state index contributed by atoms with van der Waals surface area (Å²) >= 11 is 3.24. The van der Waals surface area contributed by atoms with E-state index in [0.717, 1.165) is 11.6 Å². The largest absolute Gasteiger partial charge is 0.374 e. The third-order valence-electron chi connectivity index (χ3n) is 3.08. The van der Waals surface area contributed by atoms with Crippen molar-refractivity contribution >= 4 is 33.3 Å². The van der Waals surface area contributed by atoms with Crippen molar-refractivity contribution in [1.29, 1.82) is 0 Å². The Bertz CT molecular complexity index is 669. The molecule has 0 aliphatic heterocycles. The minimum atomic E-state index is -0.401. The summed E-state index contributed by atoms with van der Waals surface area (Å²) in [7, 11) is 5.74. The number of aromatic nitrogens is 2. The van der Waals surface area contributed by atoms with Gasteiger partial charge in [-0.1, -0.05) is 15.9 Å². The zero-order chi connectivity index (χ0) is 15.6. The van der Waals surface area contributed by atoms with Gasteiger partial charge in [0.15, 0.2) is 0 Å². The molecular weight excluding hydrogens is 338 g/mol. The molecule has 0 aliphatic rings. The molecule has 21 heavy (non-hydrogen) atoms. The standard InChI is InChI=1S/C13H16BrN5O2/c1-17(2)13-16-8-10(18(13)3)7-15-11-5-4-9(14)6-12(11)19(20)21/h4-6,8,15H,7H2,1-3H3. The van der Waals surface area contributed by atoms with Gasteiger partial charge in [-0.15, -0.1) is 0 Å². The van der Waals surface area contributed by atoms with Crippen LogP contribution in [0.1, 0.15) is 5.69 Å². The number of nitro groups is 1. The lowest BCUT2D eigenvalue weighted by Crippen LogP contribution is -2.15. The van der Waals surface area contributed by atoms with Gasteiger partial charge in [0.05, 0.1) is 23.4 Å². The molecule has 2 aromatic rings. The summed E-state index contributed by atoms with van der Waals surface area (Å²) in [6.07, 6.45) is 1.76. The van der Waals surface area contributed by atoms with Crippen LogP contribution in [-0.4, -0.2) is 28.6 Å². The third-order valence-corrected chi connectivity index (χ3v) is 3.57. The maximum atomic E-state index is 11.1. The highest BCUT2D eigenvalue weighted by Crippen LogP contribution is 2.28. The minimum absolute atomic E-state index is 0.0411. The van der Waals surface area contributed by atoms with Crippen LogP contribution in [0, 0.1) is 10.1 Å². The van der Waals surface area contributed by atoms with E-state index in [1.54, 1.807) is 18.3 Å². The van der Waals surface area contributed by atoms with E-state index in [2.05, 4.69) is 26.2 Å². The van der Waals surface area contributed by atoms with Crippen molar-refractivity contribution in [3.63, 3.8) is 0 Å². The molecule has 0 fully saturated rings. The average Bonchev–Trinajstić information content (AvgIpc) is 2.78. The minimum Gasteiger partial charge on any atom is -0.374 e. The lowest BCUT2D eigenvalue weighted by molar-refractivity contribution is -0.384. The summed E-state index contributed by atoms with van der Waals surface area (Å²) in [6.45, 7) is 0.458. The number of halogens is 1. The van der Waals surface area contributed by atoms with Crippen molar-refractivity contribution in [1.82, 2.24) is 9.55 Å². The van der Waals surface area contributed by atoms with Gasteiger partial charge in [0.1, 0.15) is 5.69 Å². The fourth-order valence-electron chi connectivity index (χ4n) is 2.00. The van der Waals surface area contributed by atoms with Gasteiger partial charge in [-0.2, -0.15) is 0 Å². The van der Waals surface area contributed by atoms with Crippen LogP contribution in [0.3, 0.4) is 0 Å². The van der Waals surface area contributed by atoms with E-state index in [4.69, 9.17) is 0 Å². The van der Waals surface area contributed by atoms with E-state index in [0.29, 0.717) is 16.7 Å². The lowest BCUT2D eigenvalue weighted by atomic mass is 10.2. The molecule has 0 atom stereocenters. The monoisotopic (exact) mass is 353 g/mol. The Balaban J connectivity index is 2.19. The summed E-state index contributed by atoms with van der Waals surface area (Å²) in [6, 6.07) is 4.94. The normalized spacial score (nSPS) is 10.5. The number of hydrogen-bond donors (Lipinski definition) is 1. The van der Waals surface area contributed by atoms with Gasteiger partial charge in [0.25, 0.3) is 5.69 Å². The molecule has 0 amide bonds. The summed E-state index contributed by atoms with van der Waals surface area (Å²) < 4.78 is 2.62. The summed E-state index contributed by atoms with van der Waals surface area (Å²) in [4.78, 5) is 16.9. The molecule has 0 radical (unpaired) electrons. The molecule has 0 saturated carbocycles. The highest BCUT2D eigenvalue weighted by Gasteiger charge is 2.15.